The number of carbonyl (C=O) groups excluding carboxylic acids is 1. The Morgan fingerprint density at radius 1 is 1.17 bits per heavy atom. The van der Waals surface area contributed by atoms with Gasteiger partial charge in [-0.25, -0.2) is 0 Å². The number of pyridine rings is 1. The summed E-state index contributed by atoms with van der Waals surface area (Å²) in [5.74, 6) is 0.949. The monoisotopic (exact) mass is 241 g/mol. The smallest absolute Gasteiger partial charge is 0.134 e. The van der Waals surface area contributed by atoms with Gasteiger partial charge in [0.15, 0.2) is 0 Å². The van der Waals surface area contributed by atoms with Crippen LogP contribution in [0.25, 0.3) is 0 Å². The second kappa shape index (κ2) is 5.96. The van der Waals surface area contributed by atoms with Crippen LogP contribution >= 0.6 is 0 Å². The lowest BCUT2D eigenvalue weighted by Gasteiger charge is -2.06. The van der Waals surface area contributed by atoms with Gasteiger partial charge in [0.05, 0.1) is 5.69 Å². The molecule has 0 bridgehead atoms. The maximum absolute atomic E-state index is 11.0. The highest BCUT2D eigenvalue weighted by atomic mass is 16.5. The van der Waals surface area contributed by atoms with Gasteiger partial charge in [0.1, 0.15) is 18.1 Å². The van der Waals surface area contributed by atoms with Crippen molar-refractivity contribution in [2.45, 2.75) is 20.0 Å². The van der Waals surface area contributed by atoms with Crippen molar-refractivity contribution in [1.82, 2.24) is 4.98 Å². The number of ether oxygens (including phenoxy) is 1. The summed E-state index contributed by atoms with van der Waals surface area (Å²) in [6.45, 7) is 2.04. The predicted molar refractivity (Wildman–Crippen MR) is 69.4 cm³/mol. The summed E-state index contributed by atoms with van der Waals surface area (Å²) < 4.78 is 5.60. The molecule has 18 heavy (non-hydrogen) atoms. The number of carbonyl (C=O) groups is 1. The molecule has 0 saturated carbocycles. The number of hydrogen-bond acceptors (Lipinski definition) is 3. The first-order valence-electron chi connectivity index (χ1n) is 5.85. The number of benzene rings is 1. The Bertz CT molecular complexity index is 506. The van der Waals surface area contributed by atoms with Crippen molar-refractivity contribution in [2.75, 3.05) is 0 Å². The third kappa shape index (κ3) is 3.70. The van der Waals surface area contributed by atoms with Crippen LogP contribution in [0, 0.1) is 0 Å². The number of ketones is 1. The minimum atomic E-state index is 0.164. The van der Waals surface area contributed by atoms with Gasteiger partial charge in [-0.1, -0.05) is 18.2 Å². The molecule has 0 saturated heterocycles. The first kappa shape index (κ1) is 12.3. The van der Waals surface area contributed by atoms with E-state index < -0.39 is 0 Å². The van der Waals surface area contributed by atoms with Crippen LogP contribution < -0.4 is 4.74 Å². The molecule has 0 amide bonds. The standard InChI is InChI=1S/C15H15NO2/c1-12(17)10-13-5-7-15(8-6-13)18-11-14-4-2-3-9-16-14/h2-9H,10-11H2,1H3. The largest absolute Gasteiger partial charge is 0.487 e. The first-order chi connectivity index (χ1) is 8.74. The molecule has 0 aliphatic carbocycles. The van der Waals surface area contributed by atoms with Crippen LogP contribution in [0.3, 0.4) is 0 Å². The summed E-state index contributed by atoms with van der Waals surface area (Å²) in [7, 11) is 0. The summed E-state index contributed by atoms with van der Waals surface area (Å²) in [6, 6.07) is 13.3. The molecule has 2 rings (SSSR count). The fourth-order valence-electron chi connectivity index (χ4n) is 1.63. The van der Waals surface area contributed by atoms with Gasteiger partial charge in [-0.05, 0) is 36.8 Å². The highest BCUT2D eigenvalue weighted by Gasteiger charge is 1.99. The lowest BCUT2D eigenvalue weighted by atomic mass is 10.1. The predicted octanol–water partition coefficient (Wildman–Crippen LogP) is 2.79. The lowest BCUT2D eigenvalue weighted by molar-refractivity contribution is -0.116. The quantitative estimate of drug-likeness (QED) is 0.808. The molecule has 0 N–H and O–H groups in total. The number of Topliss-reactive ketones (excluding diaryl/α,β-unsaturated/α-hetero) is 1. The van der Waals surface area contributed by atoms with Crippen LogP contribution in [0.4, 0.5) is 0 Å². The zero-order valence-electron chi connectivity index (χ0n) is 10.3. The Balaban J connectivity index is 1.92. The number of aromatic nitrogens is 1. The van der Waals surface area contributed by atoms with E-state index in [4.69, 9.17) is 4.74 Å². The van der Waals surface area contributed by atoms with Crippen LogP contribution in [-0.2, 0) is 17.8 Å². The third-order valence-corrected chi connectivity index (χ3v) is 2.49. The van der Waals surface area contributed by atoms with Gasteiger partial charge in [0.25, 0.3) is 0 Å². The molecule has 1 aromatic heterocycles. The van der Waals surface area contributed by atoms with Gasteiger partial charge in [0, 0.05) is 12.6 Å². The van der Waals surface area contributed by atoms with E-state index >= 15 is 0 Å². The third-order valence-electron chi connectivity index (χ3n) is 2.49. The fraction of sp³-hybridized carbons (Fsp3) is 0.200. The molecule has 92 valence electrons. The van der Waals surface area contributed by atoms with Gasteiger partial charge in [-0.3, -0.25) is 9.78 Å². The zero-order chi connectivity index (χ0) is 12.8. The molecule has 0 radical (unpaired) electrons. The van der Waals surface area contributed by atoms with E-state index in [2.05, 4.69) is 4.98 Å². The Kier molecular flexibility index (Phi) is 4.07. The molecule has 0 spiro atoms. The van der Waals surface area contributed by atoms with Crippen LogP contribution in [0.5, 0.6) is 5.75 Å². The Morgan fingerprint density at radius 3 is 2.56 bits per heavy atom. The number of rotatable bonds is 5. The molecule has 0 atom stereocenters. The highest BCUT2D eigenvalue weighted by Crippen LogP contribution is 2.14. The maximum atomic E-state index is 11.0. The highest BCUT2D eigenvalue weighted by molar-refractivity contribution is 5.78. The van der Waals surface area contributed by atoms with E-state index in [0.29, 0.717) is 13.0 Å². The zero-order valence-corrected chi connectivity index (χ0v) is 10.3. The molecule has 1 aromatic carbocycles. The minimum absolute atomic E-state index is 0.164. The maximum Gasteiger partial charge on any atom is 0.134 e. The second-order valence-electron chi connectivity index (χ2n) is 4.13. The van der Waals surface area contributed by atoms with Crippen molar-refractivity contribution in [3.8, 4) is 5.75 Å². The molecule has 2 aromatic rings. The van der Waals surface area contributed by atoms with Crippen molar-refractivity contribution >= 4 is 5.78 Å². The van der Waals surface area contributed by atoms with Gasteiger partial charge >= 0.3 is 0 Å². The van der Waals surface area contributed by atoms with Crippen LogP contribution in [0.15, 0.2) is 48.7 Å². The number of hydrogen-bond donors (Lipinski definition) is 0. The molecule has 3 nitrogen and oxygen atoms in total. The molecular formula is C15H15NO2. The molecular weight excluding hydrogens is 226 g/mol. The average molecular weight is 241 g/mol. The average Bonchev–Trinajstić information content (AvgIpc) is 2.38. The van der Waals surface area contributed by atoms with Crippen LogP contribution in [-0.4, -0.2) is 10.8 Å². The molecule has 0 fully saturated rings. The molecule has 0 aliphatic rings. The van der Waals surface area contributed by atoms with E-state index in [1.165, 1.54) is 0 Å². The number of nitrogens with zero attached hydrogens (tertiary/aromatic N) is 1. The van der Waals surface area contributed by atoms with Gasteiger partial charge in [0.2, 0.25) is 0 Å². The van der Waals surface area contributed by atoms with E-state index in [1.54, 1.807) is 13.1 Å². The van der Waals surface area contributed by atoms with Crippen LogP contribution in [0.1, 0.15) is 18.2 Å². The van der Waals surface area contributed by atoms with E-state index in [1.807, 2.05) is 42.5 Å². The Labute approximate surface area is 106 Å². The van der Waals surface area contributed by atoms with Crippen molar-refractivity contribution in [2.24, 2.45) is 0 Å². The molecule has 0 aliphatic heterocycles. The van der Waals surface area contributed by atoms with Crippen molar-refractivity contribution < 1.29 is 9.53 Å². The lowest BCUT2D eigenvalue weighted by Crippen LogP contribution is -1.99. The van der Waals surface area contributed by atoms with Crippen molar-refractivity contribution in [3.05, 3.63) is 59.9 Å². The van der Waals surface area contributed by atoms with Crippen molar-refractivity contribution in [3.63, 3.8) is 0 Å². The SMILES string of the molecule is CC(=O)Cc1ccc(OCc2ccccn2)cc1. The molecule has 0 unspecified atom stereocenters. The summed E-state index contributed by atoms with van der Waals surface area (Å²) >= 11 is 0. The minimum Gasteiger partial charge on any atom is -0.487 e. The van der Waals surface area contributed by atoms with Gasteiger partial charge in [-0.15, -0.1) is 0 Å². The van der Waals surface area contributed by atoms with Gasteiger partial charge in [-0.2, -0.15) is 0 Å². The normalized spacial score (nSPS) is 10.1. The Morgan fingerprint density at radius 2 is 1.94 bits per heavy atom. The summed E-state index contributed by atoms with van der Waals surface area (Å²) in [5.41, 5.74) is 1.90. The molecule has 1 heterocycles. The van der Waals surface area contributed by atoms with E-state index in [0.717, 1.165) is 17.0 Å². The molecule has 3 heteroatoms. The van der Waals surface area contributed by atoms with Gasteiger partial charge < -0.3 is 4.74 Å². The van der Waals surface area contributed by atoms with Crippen LogP contribution in [0.2, 0.25) is 0 Å². The second-order valence-corrected chi connectivity index (χ2v) is 4.13. The first-order valence-corrected chi connectivity index (χ1v) is 5.85. The van der Waals surface area contributed by atoms with Crippen molar-refractivity contribution in [1.29, 1.82) is 0 Å². The fourth-order valence-corrected chi connectivity index (χ4v) is 1.63. The Hall–Kier alpha value is -2.16. The summed E-state index contributed by atoms with van der Waals surface area (Å²) in [6.07, 6.45) is 2.22. The topological polar surface area (TPSA) is 39.2 Å². The summed E-state index contributed by atoms with van der Waals surface area (Å²) in [4.78, 5) is 15.2. The van der Waals surface area contributed by atoms with E-state index in [9.17, 15) is 4.79 Å². The van der Waals surface area contributed by atoms with E-state index in [-0.39, 0.29) is 5.78 Å². The summed E-state index contributed by atoms with van der Waals surface area (Å²) in [5, 5.41) is 0.